The van der Waals surface area contributed by atoms with Gasteiger partial charge < -0.3 is 11.1 Å². The highest BCUT2D eigenvalue weighted by Gasteiger charge is 2.33. The van der Waals surface area contributed by atoms with Crippen LogP contribution in [0.25, 0.3) is 11.3 Å². The zero-order chi connectivity index (χ0) is 24.3. The molecule has 0 aliphatic carbocycles. The summed E-state index contributed by atoms with van der Waals surface area (Å²) in [5.41, 5.74) is 6.35. The second-order valence-corrected chi connectivity index (χ2v) is 8.13. The molecular formula is C22H16Cl2N8O2. The monoisotopic (exact) mass is 494 g/mol. The third-order valence-electron chi connectivity index (χ3n) is 5.19. The number of anilines is 2. The molecule has 1 aromatic carbocycles. The third-order valence-corrected chi connectivity index (χ3v) is 5.74. The molecular weight excluding hydrogens is 479 g/mol. The van der Waals surface area contributed by atoms with Gasteiger partial charge in [-0.2, -0.15) is 5.26 Å². The van der Waals surface area contributed by atoms with Crippen LogP contribution in [0.4, 0.5) is 17.5 Å². The Balaban J connectivity index is 1.56. The Morgan fingerprint density at radius 2 is 2.06 bits per heavy atom. The summed E-state index contributed by atoms with van der Waals surface area (Å²) in [5.74, 6) is 0.113. The average molecular weight is 495 g/mol. The van der Waals surface area contributed by atoms with Gasteiger partial charge in [-0.05, 0) is 42.8 Å². The number of allylic oxidation sites excluding steroid dienone is 1. The van der Waals surface area contributed by atoms with Crippen LogP contribution in [0.1, 0.15) is 17.7 Å². The molecule has 170 valence electrons. The highest BCUT2D eigenvalue weighted by atomic mass is 35.5. The predicted octanol–water partition coefficient (Wildman–Crippen LogP) is 4.55. The summed E-state index contributed by atoms with van der Waals surface area (Å²) in [5, 5.41) is 24.5. The number of benzene rings is 1. The van der Waals surface area contributed by atoms with Crippen molar-refractivity contribution in [1.82, 2.24) is 15.0 Å². The van der Waals surface area contributed by atoms with E-state index in [0.717, 1.165) is 0 Å². The molecule has 0 amide bonds. The van der Waals surface area contributed by atoms with Crippen LogP contribution < -0.4 is 11.1 Å². The number of aromatic nitrogens is 3. The minimum atomic E-state index is -0.842. The summed E-state index contributed by atoms with van der Waals surface area (Å²) in [7, 11) is 0. The van der Waals surface area contributed by atoms with Crippen LogP contribution >= 0.6 is 23.2 Å². The van der Waals surface area contributed by atoms with Gasteiger partial charge in [0.2, 0.25) is 11.8 Å². The number of rotatable bonds is 7. The molecule has 2 aromatic heterocycles. The number of nitrogens with two attached hydrogens (primary N) is 1. The topological polar surface area (TPSA) is 156 Å². The summed E-state index contributed by atoms with van der Waals surface area (Å²) in [6, 6.07) is 9.86. The Hall–Kier alpha value is -4.07. The SMILES string of the molecule is N#Cc1cnc(NCCC2(c3ccc([N+](=O)[O-])c(N)n3)C=CC=N2)nc1-c1ccc(Cl)cc1Cl. The van der Waals surface area contributed by atoms with E-state index < -0.39 is 10.5 Å². The van der Waals surface area contributed by atoms with Crippen LogP contribution in [0.15, 0.2) is 53.7 Å². The van der Waals surface area contributed by atoms with Gasteiger partial charge in [0.1, 0.15) is 11.6 Å². The number of nitrogens with zero attached hydrogens (tertiary/aromatic N) is 6. The lowest BCUT2D eigenvalue weighted by molar-refractivity contribution is -0.384. The smallest absolute Gasteiger partial charge is 0.311 e. The first-order valence-electron chi connectivity index (χ1n) is 9.94. The number of pyridine rings is 1. The summed E-state index contributed by atoms with van der Waals surface area (Å²) in [6.45, 7) is 0.375. The molecule has 1 aliphatic rings. The lowest BCUT2D eigenvalue weighted by atomic mass is 9.91. The molecule has 0 radical (unpaired) electrons. The van der Waals surface area contributed by atoms with Crippen LogP contribution in [0, 0.1) is 21.4 Å². The molecule has 34 heavy (non-hydrogen) atoms. The first-order chi connectivity index (χ1) is 16.3. The van der Waals surface area contributed by atoms with E-state index in [4.69, 9.17) is 28.9 Å². The number of hydrogen-bond acceptors (Lipinski definition) is 9. The lowest BCUT2D eigenvalue weighted by Crippen LogP contribution is -2.25. The molecule has 1 aliphatic heterocycles. The average Bonchev–Trinajstić information content (AvgIpc) is 3.29. The van der Waals surface area contributed by atoms with Crippen LogP contribution in [0.5, 0.6) is 0 Å². The van der Waals surface area contributed by atoms with Crippen molar-refractivity contribution in [3.63, 3.8) is 0 Å². The van der Waals surface area contributed by atoms with E-state index in [-0.39, 0.29) is 23.0 Å². The van der Waals surface area contributed by atoms with Gasteiger partial charge in [0, 0.05) is 29.4 Å². The van der Waals surface area contributed by atoms with Gasteiger partial charge >= 0.3 is 5.69 Å². The highest BCUT2D eigenvalue weighted by molar-refractivity contribution is 6.36. The molecule has 0 bridgehead atoms. The number of aliphatic imine (C=N–C) groups is 1. The predicted molar refractivity (Wildman–Crippen MR) is 130 cm³/mol. The number of nitrogens with one attached hydrogen (secondary N) is 1. The molecule has 12 heteroatoms. The van der Waals surface area contributed by atoms with Gasteiger partial charge in [-0.1, -0.05) is 23.2 Å². The molecule has 10 nitrogen and oxygen atoms in total. The van der Waals surface area contributed by atoms with Gasteiger partial charge in [-0.25, -0.2) is 15.0 Å². The first kappa shape index (κ1) is 23.1. The van der Waals surface area contributed by atoms with E-state index >= 15 is 0 Å². The minimum Gasteiger partial charge on any atom is -0.378 e. The van der Waals surface area contributed by atoms with E-state index in [1.54, 1.807) is 36.6 Å². The third kappa shape index (κ3) is 4.52. The number of nitriles is 1. The van der Waals surface area contributed by atoms with E-state index in [1.165, 1.54) is 12.3 Å². The van der Waals surface area contributed by atoms with E-state index in [1.807, 2.05) is 6.08 Å². The number of halogens is 2. The van der Waals surface area contributed by atoms with Crippen molar-refractivity contribution in [2.75, 3.05) is 17.6 Å². The molecule has 0 fully saturated rings. The van der Waals surface area contributed by atoms with Crippen molar-refractivity contribution in [2.45, 2.75) is 12.0 Å². The molecule has 3 heterocycles. The second-order valence-electron chi connectivity index (χ2n) is 7.29. The van der Waals surface area contributed by atoms with E-state index in [9.17, 15) is 15.4 Å². The van der Waals surface area contributed by atoms with Crippen molar-refractivity contribution >= 4 is 46.9 Å². The van der Waals surface area contributed by atoms with Gasteiger partial charge in [0.05, 0.1) is 33.1 Å². The summed E-state index contributed by atoms with van der Waals surface area (Å²) >= 11 is 12.3. The zero-order valence-electron chi connectivity index (χ0n) is 17.4. The summed E-state index contributed by atoms with van der Waals surface area (Å²) in [4.78, 5) is 27.9. The molecule has 3 aromatic rings. The van der Waals surface area contributed by atoms with Gasteiger partial charge in [-0.15, -0.1) is 0 Å². The standard InChI is InChI=1S/C22H16Cl2N8O2/c23-14-2-3-15(16(24)10-14)19-13(11-25)12-28-21(31-19)27-9-7-22(6-1-8-29-22)18-5-4-17(32(33)34)20(26)30-18/h1-6,8,10,12H,7,9H2,(H2,26,30)(H,27,28,31). The Morgan fingerprint density at radius 3 is 2.71 bits per heavy atom. The first-order valence-corrected chi connectivity index (χ1v) is 10.7. The summed E-state index contributed by atoms with van der Waals surface area (Å²) < 4.78 is 0. The van der Waals surface area contributed by atoms with Crippen molar-refractivity contribution in [1.29, 1.82) is 5.26 Å². The fraction of sp³-hybridized carbons (Fsp3) is 0.136. The second kappa shape index (κ2) is 9.43. The molecule has 1 unspecified atom stereocenters. The molecule has 0 spiro atoms. The maximum atomic E-state index is 11.1. The molecule has 4 rings (SSSR count). The number of nitrogen functional groups attached to an aromatic ring is 1. The Morgan fingerprint density at radius 1 is 1.24 bits per heavy atom. The van der Waals surface area contributed by atoms with Crippen molar-refractivity contribution in [3.05, 3.63) is 80.1 Å². The molecule has 3 N–H and O–H groups in total. The zero-order valence-corrected chi connectivity index (χ0v) is 19.0. The Bertz CT molecular complexity index is 1370. The van der Waals surface area contributed by atoms with Crippen LogP contribution in [-0.2, 0) is 5.54 Å². The lowest BCUT2D eigenvalue weighted by Gasteiger charge is -2.24. The fourth-order valence-electron chi connectivity index (χ4n) is 3.51. The normalized spacial score (nSPS) is 16.4. The van der Waals surface area contributed by atoms with Gasteiger partial charge in [-0.3, -0.25) is 15.1 Å². The van der Waals surface area contributed by atoms with E-state index in [0.29, 0.717) is 40.0 Å². The van der Waals surface area contributed by atoms with Gasteiger partial charge in [0.15, 0.2) is 0 Å². The summed E-state index contributed by atoms with van der Waals surface area (Å²) in [6.07, 6.45) is 7.11. The molecule has 0 saturated heterocycles. The minimum absolute atomic E-state index is 0.176. The highest BCUT2D eigenvalue weighted by Crippen LogP contribution is 2.35. The Kier molecular flexibility index (Phi) is 6.40. The quantitative estimate of drug-likeness (QED) is 0.357. The maximum absolute atomic E-state index is 11.1. The van der Waals surface area contributed by atoms with Crippen LogP contribution in [-0.4, -0.2) is 32.6 Å². The maximum Gasteiger partial charge on any atom is 0.311 e. The Labute approximate surface area is 204 Å². The van der Waals surface area contributed by atoms with Crippen molar-refractivity contribution in [3.8, 4) is 17.3 Å². The fourth-order valence-corrected chi connectivity index (χ4v) is 4.01. The number of nitro groups is 1. The van der Waals surface area contributed by atoms with Crippen LogP contribution in [0.2, 0.25) is 10.0 Å². The molecule has 1 atom stereocenters. The largest absolute Gasteiger partial charge is 0.378 e. The number of hydrogen-bond donors (Lipinski definition) is 2. The van der Waals surface area contributed by atoms with E-state index in [2.05, 4.69) is 31.3 Å². The molecule has 0 saturated carbocycles. The van der Waals surface area contributed by atoms with Gasteiger partial charge in [0.25, 0.3) is 0 Å². The van der Waals surface area contributed by atoms with Crippen molar-refractivity contribution in [2.24, 2.45) is 4.99 Å². The van der Waals surface area contributed by atoms with Crippen molar-refractivity contribution < 1.29 is 4.92 Å². The van der Waals surface area contributed by atoms with Crippen LogP contribution in [0.3, 0.4) is 0 Å².